The van der Waals surface area contributed by atoms with Crippen LogP contribution in [-0.2, 0) is 0 Å². The first kappa shape index (κ1) is 12.0. The van der Waals surface area contributed by atoms with Gasteiger partial charge in [-0.3, -0.25) is 5.43 Å². The number of fused-ring (bicyclic) bond motifs is 2. The average Bonchev–Trinajstić information content (AvgIpc) is 3.00. The molecule has 2 aliphatic rings. The van der Waals surface area contributed by atoms with Crippen LogP contribution in [0.25, 0.3) is 0 Å². The highest BCUT2D eigenvalue weighted by atomic mass is 35.5. The van der Waals surface area contributed by atoms with E-state index in [1.165, 1.54) is 25.7 Å². The summed E-state index contributed by atoms with van der Waals surface area (Å²) >= 11 is 6.06. The van der Waals surface area contributed by atoms with Crippen molar-refractivity contribution in [3.8, 4) is 0 Å². The zero-order valence-corrected chi connectivity index (χ0v) is 11.0. The van der Waals surface area contributed by atoms with E-state index >= 15 is 0 Å². The second-order valence-electron chi connectivity index (χ2n) is 5.35. The second-order valence-corrected chi connectivity index (χ2v) is 5.76. The van der Waals surface area contributed by atoms with Crippen molar-refractivity contribution in [1.82, 2.24) is 9.97 Å². The molecule has 0 aliphatic heterocycles. The van der Waals surface area contributed by atoms with E-state index in [0.717, 1.165) is 24.3 Å². The van der Waals surface area contributed by atoms with Gasteiger partial charge in [-0.1, -0.05) is 18.0 Å². The highest BCUT2D eigenvalue weighted by molar-refractivity contribution is 6.32. The van der Waals surface area contributed by atoms with E-state index in [-0.39, 0.29) is 0 Å². The van der Waals surface area contributed by atoms with Crippen LogP contribution < -0.4 is 16.6 Å². The highest BCUT2D eigenvalue weighted by Crippen LogP contribution is 2.48. The number of nitrogen functional groups attached to an aromatic ring is 1. The Morgan fingerprint density at radius 2 is 2.28 bits per heavy atom. The second kappa shape index (κ2) is 4.90. The Morgan fingerprint density at radius 1 is 1.39 bits per heavy atom. The summed E-state index contributed by atoms with van der Waals surface area (Å²) in [6, 6.07) is 0. The number of hydrazine groups is 1. The molecule has 0 aromatic carbocycles. The number of hydrogen-bond donors (Lipinski definition) is 3. The molecule has 4 N–H and O–H groups in total. The molecule has 5 nitrogen and oxygen atoms in total. The van der Waals surface area contributed by atoms with Gasteiger partial charge in [0, 0.05) is 6.54 Å². The average molecular weight is 268 g/mol. The van der Waals surface area contributed by atoms with Gasteiger partial charge in [0.2, 0.25) is 5.95 Å². The molecule has 2 saturated carbocycles. The Morgan fingerprint density at radius 3 is 2.94 bits per heavy atom. The first-order valence-electron chi connectivity index (χ1n) is 6.49. The smallest absolute Gasteiger partial charge is 0.239 e. The summed E-state index contributed by atoms with van der Waals surface area (Å²) in [5, 5.41) is 3.87. The van der Waals surface area contributed by atoms with Crippen LogP contribution in [0.3, 0.4) is 0 Å². The molecule has 3 unspecified atom stereocenters. The lowest BCUT2D eigenvalue weighted by molar-refractivity contribution is 0.348. The van der Waals surface area contributed by atoms with Crippen LogP contribution in [0.5, 0.6) is 0 Å². The predicted molar refractivity (Wildman–Crippen MR) is 72.3 cm³/mol. The largest absolute Gasteiger partial charge is 0.368 e. The molecule has 3 atom stereocenters. The molecule has 18 heavy (non-hydrogen) atoms. The molecule has 0 amide bonds. The van der Waals surface area contributed by atoms with Gasteiger partial charge >= 0.3 is 0 Å². The first-order chi connectivity index (χ1) is 8.76. The number of nitrogens with one attached hydrogen (secondary N) is 2. The molecular weight excluding hydrogens is 250 g/mol. The molecule has 1 aromatic rings. The number of nitrogens with zero attached hydrogens (tertiary/aromatic N) is 2. The molecule has 1 heterocycles. The molecule has 0 saturated heterocycles. The van der Waals surface area contributed by atoms with Crippen LogP contribution in [0.1, 0.15) is 25.7 Å². The summed E-state index contributed by atoms with van der Waals surface area (Å²) in [6.07, 6.45) is 7.15. The van der Waals surface area contributed by atoms with Crippen LogP contribution in [0, 0.1) is 17.8 Å². The molecular formula is C12H18ClN5. The van der Waals surface area contributed by atoms with Gasteiger partial charge in [-0.15, -0.1) is 0 Å². The van der Waals surface area contributed by atoms with E-state index < -0.39 is 0 Å². The van der Waals surface area contributed by atoms with E-state index in [4.69, 9.17) is 17.4 Å². The number of halogens is 1. The quantitative estimate of drug-likeness (QED) is 0.576. The lowest BCUT2D eigenvalue weighted by atomic mass is 9.89. The fourth-order valence-corrected chi connectivity index (χ4v) is 3.57. The van der Waals surface area contributed by atoms with Gasteiger partial charge < -0.3 is 5.32 Å². The lowest BCUT2D eigenvalue weighted by Gasteiger charge is -2.22. The Balaban J connectivity index is 1.62. The molecule has 2 bridgehead atoms. The molecule has 0 radical (unpaired) electrons. The third kappa shape index (κ3) is 2.24. The normalized spacial score (nSPS) is 29.6. The van der Waals surface area contributed by atoms with Crippen LogP contribution >= 0.6 is 11.6 Å². The molecule has 6 heteroatoms. The minimum atomic E-state index is 0.384. The Labute approximate surface area is 111 Å². The Bertz CT molecular complexity index is 438. The Hall–Kier alpha value is -1.07. The van der Waals surface area contributed by atoms with Gasteiger partial charge in [0.25, 0.3) is 0 Å². The third-order valence-electron chi connectivity index (χ3n) is 4.29. The van der Waals surface area contributed by atoms with Crippen molar-refractivity contribution < 1.29 is 0 Å². The van der Waals surface area contributed by atoms with Crippen LogP contribution in [0.4, 0.5) is 11.8 Å². The van der Waals surface area contributed by atoms with Gasteiger partial charge in [0.05, 0.1) is 6.20 Å². The highest BCUT2D eigenvalue weighted by Gasteiger charge is 2.39. The van der Waals surface area contributed by atoms with Crippen molar-refractivity contribution in [3.63, 3.8) is 0 Å². The maximum absolute atomic E-state index is 6.06. The summed E-state index contributed by atoms with van der Waals surface area (Å²) in [4.78, 5) is 8.18. The van der Waals surface area contributed by atoms with Crippen molar-refractivity contribution in [2.75, 3.05) is 17.3 Å². The van der Waals surface area contributed by atoms with Crippen molar-refractivity contribution in [3.05, 3.63) is 11.2 Å². The summed E-state index contributed by atoms with van der Waals surface area (Å²) in [5.41, 5.74) is 2.43. The van der Waals surface area contributed by atoms with E-state index in [2.05, 4.69) is 20.7 Å². The van der Waals surface area contributed by atoms with Gasteiger partial charge in [-0.25, -0.2) is 10.8 Å². The van der Waals surface area contributed by atoms with E-state index in [9.17, 15) is 0 Å². The fourth-order valence-electron chi connectivity index (χ4n) is 3.41. The zero-order valence-electron chi connectivity index (χ0n) is 10.2. The van der Waals surface area contributed by atoms with Crippen molar-refractivity contribution >= 4 is 23.4 Å². The molecule has 1 aromatic heterocycles. The molecule has 0 spiro atoms. The Kier molecular flexibility index (Phi) is 3.26. The number of anilines is 2. The number of hydrogen-bond acceptors (Lipinski definition) is 5. The fraction of sp³-hybridized carbons (Fsp3) is 0.667. The topological polar surface area (TPSA) is 75.9 Å². The van der Waals surface area contributed by atoms with Gasteiger partial charge in [0.15, 0.2) is 5.82 Å². The standard InChI is InChI=1S/C12H18ClN5/c13-10-6-16-12(18-14)17-11(10)15-5-9-4-7-1-2-8(9)3-7/h6-9H,1-5,14H2,(H2,15,16,17,18). The molecule has 3 rings (SSSR count). The van der Waals surface area contributed by atoms with E-state index in [0.29, 0.717) is 16.8 Å². The minimum absolute atomic E-state index is 0.384. The first-order valence-corrected chi connectivity index (χ1v) is 6.87. The van der Waals surface area contributed by atoms with Crippen molar-refractivity contribution in [2.24, 2.45) is 23.6 Å². The van der Waals surface area contributed by atoms with Gasteiger partial charge in [-0.2, -0.15) is 4.98 Å². The minimum Gasteiger partial charge on any atom is -0.368 e. The zero-order chi connectivity index (χ0) is 12.5. The predicted octanol–water partition coefficient (Wildman–Crippen LogP) is 2.26. The molecule has 2 aliphatic carbocycles. The molecule has 98 valence electrons. The maximum atomic E-state index is 6.06. The molecule has 2 fully saturated rings. The van der Waals surface area contributed by atoms with E-state index in [1.807, 2.05) is 0 Å². The van der Waals surface area contributed by atoms with E-state index in [1.54, 1.807) is 6.20 Å². The van der Waals surface area contributed by atoms with Crippen LogP contribution in [-0.4, -0.2) is 16.5 Å². The van der Waals surface area contributed by atoms with Crippen LogP contribution in [0.15, 0.2) is 6.20 Å². The third-order valence-corrected chi connectivity index (χ3v) is 4.57. The summed E-state index contributed by atoms with van der Waals surface area (Å²) in [5.74, 6) is 8.97. The number of aromatic nitrogens is 2. The van der Waals surface area contributed by atoms with Crippen molar-refractivity contribution in [1.29, 1.82) is 0 Å². The lowest BCUT2D eigenvalue weighted by Crippen LogP contribution is -2.21. The van der Waals surface area contributed by atoms with Gasteiger partial charge in [-0.05, 0) is 37.0 Å². The summed E-state index contributed by atoms with van der Waals surface area (Å²) < 4.78 is 0. The maximum Gasteiger partial charge on any atom is 0.239 e. The number of nitrogens with two attached hydrogens (primary N) is 1. The summed E-state index contributed by atoms with van der Waals surface area (Å²) in [6.45, 7) is 0.946. The van der Waals surface area contributed by atoms with Crippen LogP contribution in [0.2, 0.25) is 5.02 Å². The summed E-state index contributed by atoms with van der Waals surface area (Å²) in [7, 11) is 0. The van der Waals surface area contributed by atoms with Gasteiger partial charge in [0.1, 0.15) is 5.02 Å². The SMILES string of the molecule is NNc1ncc(Cl)c(NCC2CC3CCC2C3)n1. The monoisotopic (exact) mass is 267 g/mol. The van der Waals surface area contributed by atoms with Crippen molar-refractivity contribution in [2.45, 2.75) is 25.7 Å². The number of rotatable bonds is 4.